The highest BCUT2D eigenvalue weighted by Crippen LogP contribution is 2.24. The Morgan fingerprint density at radius 3 is 2.63 bits per heavy atom. The molecule has 2 rings (SSSR count). The molecule has 0 bridgehead atoms. The van der Waals surface area contributed by atoms with Crippen LogP contribution in [0.3, 0.4) is 0 Å². The first-order chi connectivity index (χ1) is 9.18. The maximum atomic E-state index is 6.36. The number of benzene rings is 1. The fourth-order valence-corrected chi connectivity index (χ4v) is 2.57. The molecule has 3 atom stereocenters. The van der Waals surface area contributed by atoms with Gasteiger partial charge in [-0.2, -0.15) is 0 Å². The molecule has 106 valence electrons. The number of rotatable bonds is 6. The van der Waals surface area contributed by atoms with Crippen LogP contribution in [0.25, 0.3) is 0 Å². The Balaban J connectivity index is 1.94. The first kappa shape index (κ1) is 14.5. The summed E-state index contributed by atoms with van der Waals surface area (Å²) in [6.07, 6.45) is 2.53. The Bertz CT molecular complexity index is 360. The molecular weight excluding hydrogens is 238 g/mol. The Hall–Kier alpha value is -0.900. The first-order valence-electron chi connectivity index (χ1n) is 7.22. The van der Waals surface area contributed by atoms with Crippen LogP contribution in [0.5, 0.6) is 0 Å². The molecule has 0 aliphatic carbocycles. The van der Waals surface area contributed by atoms with Gasteiger partial charge >= 0.3 is 0 Å². The Labute approximate surface area is 116 Å². The van der Waals surface area contributed by atoms with Gasteiger partial charge in [0, 0.05) is 6.61 Å². The molecule has 0 saturated carbocycles. The van der Waals surface area contributed by atoms with Crippen LogP contribution in [0.15, 0.2) is 30.3 Å². The van der Waals surface area contributed by atoms with Crippen molar-refractivity contribution in [3.63, 3.8) is 0 Å². The summed E-state index contributed by atoms with van der Waals surface area (Å²) >= 11 is 0. The lowest BCUT2D eigenvalue weighted by molar-refractivity contribution is -0.0471. The summed E-state index contributed by atoms with van der Waals surface area (Å²) in [5, 5.41) is 0. The van der Waals surface area contributed by atoms with Gasteiger partial charge in [-0.3, -0.25) is 0 Å². The second kappa shape index (κ2) is 7.04. The molecule has 0 amide bonds. The van der Waals surface area contributed by atoms with Gasteiger partial charge in [0.25, 0.3) is 0 Å². The largest absolute Gasteiger partial charge is 0.376 e. The summed E-state index contributed by atoms with van der Waals surface area (Å²) in [6.45, 7) is 5.83. The van der Waals surface area contributed by atoms with Gasteiger partial charge in [-0.25, -0.2) is 0 Å². The van der Waals surface area contributed by atoms with E-state index in [1.54, 1.807) is 0 Å². The normalized spacial score (nSPS) is 22.6. The van der Waals surface area contributed by atoms with E-state index in [4.69, 9.17) is 15.2 Å². The van der Waals surface area contributed by atoms with Crippen LogP contribution in [0, 0.1) is 5.92 Å². The van der Waals surface area contributed by atoms with Crippen LogP contribution in [0.4, 0.5) is 0 Å². The van der Waals surface area contributed by atoms with E-state index in [0.717, 1.165) is 25.0 Å². The zero-order valence-corrected chi connectivity index (χ0v) is 11.9. The fourth-order valence-electron chi connectivity index (χ4n) is 2.57. The van der Waals surface area contributed by atoms with Crippen molar-refractivity contribution >= 4 is 0 Å². The predicted octanol–water partition coefficient (Wildman–Crippen LogP) is 2.91. The minimum atomic E-state index is -0.0809. The maximum Gasteiger partial charge on any atom is 0.0809 e. The first-order valence-corrected chi connectivity index (χ1v) is 7.22. The molecule has 1 aliphatic rings. The number of ether oxygens (including phenoxy) is 2. The SMILES string of the molecule is CC(C)C(OCC1CCCO1)C(N)c1ccccc1. The lowest BCUT2D eigenvalue weighted by atomic mass is 9.94. The summed E-state index contributed by atoms with van der Waals surface area (Å²) < 4.78 is 11.7. The molecule has 1 aromatic carbocycles. The molecule has 1 saturated heterocycles. The van der Waals surface area contributed by atoms with E-state index < -0.39 is 0 Å². The molecule has 1 aliphatic heterocycles. The third kappa shape index (κ3) is 4.03. The van der Waals surface area contributed by atoms with Crippen molar-refractivity contribution in [1.82, 2.24) is 0 Å². The van der Waals surface area contributed by atoms with Gasteiger partial charge in [0.15, 0.2) is 0 Å². The molecule has 2 N–H and O–H groups in total. The van der Waals surface area contributed by atoms with Gasteiger partial charge in [-0.05, 0) is 24.3 Å². The van der Waals surface area contributed by atoms with Crippen molar-refractivity contribution in [3.05, 3.63) is 35.9 Å². The van der Waals surface area contributed by atoms with Crippen LogP contribution in [-0.4, -0.2) is 25.4 Å². The van der Waals surface area contributed by atoms with Crippen molar-refractivity contribution < 1.29 is 9.47 Å². The summed E-state index contributed by atoms with van der Waals surface area (Å²) in [5.41, 5.74) is 7.49. The highest BCUT2D eigenvalue weighted by molar-refractivity contribution is 5.19. The van der Waals surface area contributed by atoms with E-state index in [1.807, 2.05) is 18.2 Å². The summed E-state index contributed by atoms with van der Waals surface area (Å²) in [5.74, 6) is 0.386. The third-order valence-corrected chi connectivity index (χ3v) is 3.69. The molecular formula is C16H25NO2. The van der Waals surface area contributed by atoms with Crippen molar-refractivity contribution in [2.24, 2.45) is 11.7 Å². The number of hydrogen-bond donors (Lipinski definition) is 1. The van der Waals surface area contributed by atoms with E-state index in [-0.39, 0.29) is 18.2 Å². The zero-order chi connectivity index (χ0) is 13.7. The van der Waals surface area contributed by atoms with E-state index in [2.05, 4.69) is 26.0 Å². The maximum absolute atomic E-state index is 6.36. The number of nitrogens with two attached hydrogens (primary N) is 1. The van der Waals surface area contributed by atoms with Crippen LogP contribution in [0.1, 0.15) is 38.3 Å². The molecule has 1 fully saturated rings. The summed E-state index contributed by atoms with van der Waals surface area (Å²) in [4.78, 5) is 0. The molecule has 3 heteroatoms. The van der Waals surface area contributed by atoms with E-state index in [1.165, 1.54) is 0 Å². The van der Waals surface area contributed by atoms with Gasteiger partial charge in [-0.15, -0.1) is 0 Å². The number of hydrogen-bond acceptors (Lipinski definition) is 3. The molecule has 3 nitrogen and oxygen atoms in total. The third-order valence-electron chi connectivity index (χ3n) is 3.69. The Morgan fingerprint density at radius 2 is 2.05 bits per heavy atom. The molecule has 1 aromatic rings. The lowest BCUT2D eigenvalue weighted by Crippen LogP contribution is -2.35. The summed E-state index contributed by atoms with van der Waals surface area (Å²) in [7, 11) is 0. The van der Waals surface area contributed by atoms with E-state index in [0.29, 0.717) is 12.5 Å². The highest BCUT2D eigenvalue weighted by atomic mass is 16.5. The van der Waals surface area contributed by atoms with Crippen LogP contribution >= 0.6 is 0 Å². The van der Waals surface area contributed by atoms with Crippen molar-refractivity contribution in [2.45, 2.75) is 44.9 Å². The molecule has 1 heterocycles. The van der Waals surface area contributed by atoms with E-state index in [9.17, 15) is 0 Å². The zero-order valence-electron chi connectivity index (χ0n) is 11.9. The van der Waals surface area contributed by atoms with Crippen LogP contribution in [0.2, 0.25) is 0 Å². The fraction of sp³-hybridized carbons (Fsp3) is 0.625. The molecule has 0 aromatic heterocycles. The standard InChI is InChI=1S/C16H25NO2/c1-12(2)16(19-11-14-9-6-10-18-14)15(17)13-7-4-3-5-8-13/h3-5,7-8,12,14-16H,6,9-11,17H2,1-2H3. The summed E-state index contributed by atoms with van der Waals surface area (Å²) in [6, 6.07) is 10.1. The average molecular weight is 263 g/mol. The quantitative estimate of drug-likeness (QED) is 0.858. The second-order valence-electron chi connectivity index (χ2n) is 5.61. The van der Waals surface area contributed by atoms with Crippen LogP contribution < -0.4 is 5.73 Å². The van der Waals surface area contributed by atoms with Crippen molar-refractivity contribution in [1.29, 1.82) is 0 Å². The average Bonchev–Trinajstić information content (AvgIpc) is 2.92. The van der Waals surface area contributed by atoms with Crippen LogP contribution in [-0.2, 0) is 9.47 Å². The van der Waals surface area contributed by atoms with Gasteiger partial charge in [-0.1, -0.05) is 44.2 Å². The smallest absolute Gasteiger partial charge is 0.0809 e. The Morgan fingerprint density at radius 1 is 1.32 bits per heavy atom. The molecule has 19 heavy (non-hydrogen) atoms. The van der Waals surface area contributed by atoms with Gasteiger partial charge in [0.1, 0.15) is 0 Å². The van der Waals surface area contributed by atoms with Gasteiger partial charge in [0.2, 0.25) is 0 Å². The van der Waals surface area contributed by atoms with Gasteiger partial charge in [0.05, 0.1) is 24.9 Å². The molecule has 0 spiro atoms. The minimum absolute atomic E-state index is 0.0339. The minimum Gasteiger partial charge on any atom is -0.376 e. The van der Waals surface area contributed by atoms with Crippen molar-refractivity contribution in [3.8, 4) is 0 Å². The molecule has 3 unspecified atom stereocenters. The van der Waals surface area contributed by atoms with E-state index >= 15 is 0 Å². The topological polar surface area (TPSA) is 44.5 Å². The lowest BCUT2D eigenvalue weighted by Gasteiger charge is -2.29. The monoisotopic (exact) mass is 263 g/mol. The predicted molar refractivity (Wildman–Crippen MR) is 76.9 cm³/mol. The highest BCUT2D eigenvalue weighted by Gasteiger charge is 2.25. The van der Waals surface area contributed by atoms with Gasteiger partial charge < -0.3 is 15.2 Å². The molecule has 0 radical (unpaired) electrons. The second-order valence-corrected chi connectivity index (χ2v) is 5.61. The van der Waals surface area contributed by atoms with Crippen molar-refractivity contribution in [2.75, 3.05) is 13.2 Å². The Kier molecular flexibility index (Phi) is 5.37.